The van der Waals surface area contributed by atoms with Crippen molar-refractivity contribution < 1.29 is 14.6 Å². The molecule has 0 heterocycles. The Morgan fingerprint density at radius 3 is 2.71 bits per heavy atom. The molecule has 3 heteroatoms. The molecule has 0 amide bonds. The minimum Gasteiger partial charge on any atom is -0.491 e. The average Bonchev–Trinajstić information content (AvgIpc) is 2.36. The Bertz CT molecular complexity index is 299. The molecule has 0 aliphatic rings. The van der Waals surface area contributed by atoms with Crippen LogP contribution in [-0.2, 0) is 11.2 Å². The fraction of sp³-hybridized carbons (Fsp3) is 0.571. The van der Waals surface area contributed by atoms with Crippen LogP contribution in [0.4, 0.5) is 0 Å². The summed E-state index contributed by atoms with van der Waals surface area (Å²) in [5.41, 5.74) is 1.04. The quantitative estimate of drug-likeness (QED) is 0.671. The van der Waals surface area contributed by atoms with Crippen LogP contribution < -0.4 is 4.74 Å². The van der Waals surface area contributed by atoms with Gasteiger partial charge in [-0.1, -0.05) is 31.5 Å². The Labute approximate surface area is 103 Å². The van der Waals surface area contributed by atoms with Crippen molar-refractivity contribution in [3.05, 3.63) is 29.8 Å². The zero-order valence-corrected chi connectivity index (χ0v) is 10.5. The molecule has 3 nitrogen and oxygen atoms in total. The van der Waals surface area contributed by atoms with Gasteiger partial charge in [0.2, 0.25) is 0 Å². The van der Waals surface area contributed by atoms with E-state index in [2.05, 4.69) is 6.92 Å². The number of hydrogen-bond acceptors (Lipinski definition) is 3. The second kappa shape index (κ2) is 9.02. The van der Waals surface area contributed by atoms with E-state index in [1.165, 1.54) is 0 Å². The lowest BCUT2D eigenvalue weighted by Gasteiger charge is -2.10. The van der Waals surface area contributed by atoms with Gasteiger partial charge >= 0.3 is 0 Å². The summed E-state index contributed by atoms with van der Waals surface area (Å²) in [7, 11) is 0. The average molecular weight is 238 g/mol. The number of aliphatic hydroxyl groups is 1. The van der Waals surface area contributed by atoms with E-state index in [1.54, 1.807) is 0 Å². The van der Waals surface area contributed by atoms with Crippen LogP contribution >= 0.6 is 0 Å². The lowest BCUT2D eigenvalue weighted by atomic mass is 10.1. The van der Waals surface area contributed by atoms with Gasteiger partial charge in [-0.25, -0.2) is 0 Å². The van der Waals surface area contributed by atoms with E-state index in [9.17, 15) is 0 Å². The fourth-order valence-corrected chi connectivity index (χ4v) is 1.53. The van der Waals surface area contributed by atoms with E-state index in [0.717, 1.165) is 30.8 Å². The second-order valence-corrected chi connectivity index (χ2v) is 3.90. The maximum Gasteiger partial charge on any atom is 0.122 e. The van der Waals surface area contributed by atoms with Crippen LogP contribution in [0.2, 0.25) is 0 Å². The summed E-state index contributed by atoms with van der Waals surface area (Å²) in [6.07, 6.45) is 2.88. The van der Waals surface area contributed by atoms with Crippen LogP contribution in [-0.4, -0.2) is 31.5 Å². The number of unbranched alkanes of at least 4 members (excludes halogenated alkanes) is 1. The molecule has 0 saturated carbocycles. The van der Waals surface area contributed by atoms with Crippen molar-refractivity contribution in [3.63, 3.8) is 0 Å². The predicted octanol–water partition coefficient (Wildman–Crippen LogP) is 2.42. The normalized spacial score (nSPS) is 10.5. The third-order valence-electron chi connectivity index (χ3n) is 2.48. The highest BCUT2D eigenvalue weighted by Gasteiger charge is 2.01. The first-order valence-corrected chi connectivity index (χ1v) is 6.27. The molecule has 0 saturated heterocycles. The summed E-state index contributed by atoms with van der Waals surface area (Å²) in [5, 5.41) is 8.93. The molecule has 0 bridgehead atoms. The van der Waals surface area contributed by atoms with Gasteiger partial charge in [0.05, 0.1) is 6.61 Å². The van der Waals surface area contributed by atoms with E-state index in [-0.39, 0.29) is 6.61 Å². The van der Waals surface area contributed by atoms with E-state index < -0.39 is 0 Å². The highest BCUT2D eigenvalue weighted by atomic mass is 16.5. The third kappa shape index (κ3) is 5.71. The van der Waals surface area contributed by atoms with Crippen LogP contribution in [0.25, 0.3) is 0 Å². The van der Waals surface area contributed by atoms with Crippen LogP contribution in [0.15, 0.2) is 24.3 Å². The molecule has 1 rings (SSSR count). The molecular weight excluding hydrogens is 216 g/mol. The van der Waals surface area contributed by atoms with Crippen LogP contribution in [0, 0.1) is 0 Å². The van der Waals surface area contributed by atoms with Gasteiger partial charge in [0.1, 0.15) is 12.4 Å². The minimum absolute atomic E-state index is 0.146. The molecule has 0 unspecified atom stereocenters. The number of benzene rings is 1. The second-order valence-electron chi connectivity index (χ2n) is 3.90. The molecule has 0 spiro atoms. The summed E-state index contributed by atoms with van der Waals surface area (Å²) in [6, 6.07) is 7.80. The van der Waals surface area contributed by atoms with E-state index in [4.69, 9.17) is 14.6 Å². The molecule has 0 atom stereocenters. The van der Waals surface area contributed by atoms with E-state index >= 15 is 0 Å². The van der Waals surface area contributed by atoms with Gasteiger partial charge < -0.3 is 14.6 Å². The summed E-state index contributed by atoms with van der Waals surface area (Å²) in [4.78, 5) is 0. The molecule has 1 N–H and O–H groups in total. The summed E-state index contributed by atoms with van der Waals surface area (Å²) >= 11 is 0. The van der Waals surface area contributed by atoms with Gasteiger partial charge in [0.25, 0.3) is 0 Å². The molecule has 0 aliphatic carbocycles. The first kappa shape index (κ1) is 14.0. The fourth-order valence-electron chi connectivity index (χ4n) is 1.53. The summed E-state index contributed by atoms with van der Waals surface area (Å²) in [6.45, 7) is 4.27. The Morgan fingerprint density at radius 1 is 1.12 bits per heavy atom. The van der Waals surface area contributed by atoms with Gasteiger partial charge in [0, 0.05) is 13.2 Å². The molecule has 0 radical (unpaired) electrons. The van der Waals surface area contributed by atoms with Crippen molar-refractivity contribution in [2.75, 3.05) is 26.4 Å². The van der Waals surface area contributed by atoms with Crippen LogP contribution in [0.1, 0.15) is 25.3 Å². The summed E-state index contributed by atoms with van der Waals surface area (Å²) < 4.78 is 11.1. The van der Waals surface area contributed by atoms with Gasteiger partial charge in [-0.3, -0.25) is 0 Å². The van der Waals surface area contributed by atoms with Gasteiger partial charge in [0.15, 0.2) is 0 Å². The molecule has 1 aromatic carbocycles. The van der Waals surface area contributed by atoms with Gasteiger partial charge in [-0.15, -0.1) is 0 Å². The number of rotatable bonds is 9. The number of hydrogen-bond donors (Lipinski definition) is 1. The highest BCUT2D eigenvalue weighted by Crippen LogP contribution is 2.17. The molecule has 0 fully saturated rings. The standard InChI is InChI=1S/C14H22O3/c1-2-3-10-16-11-12-17-14-7-5-4-6-13(14)8-9-15/h4-7,15H,2-3,8-12H2,1H3. The van der Waals surface area contributed by atoms with Gasteiger partial charge in [-0.2, -0.15) is 0 Å². The lowest BCUT2D eigenvalue weighted by Crippen LogP contribution is -2.08. The molecule has 1 aromatic rings. The minimum atomic E-state index is 0.146. The first-order chi connectivity index (χ1) is 8.38. The maximum atomic E-state index is 8.93. The highest BCUT2D eigenvalue weighted by molar-refractivity contribution is 5.33. The molecule has 0 aliphatic heterocycles. The van der Waals surface area contributed by atoms with Gasteiger partial charge in [-0.05, 0) is 24.5 Å². The summed E-state index contributed by atoms with van der Waals surface area (Å²) in [5.74, 6) is 0.848. The number of para-hydroxylation sites is 1. The predicted molar refractivity (Wildman–Crippen MR) is 68.5 cm³/mol. The first-order valence-electron chi connectivity index (χ1n) is 6.27. The Hall–Kier alpha value is -1.06. The monoisotopic (exact) mass is 238 g/mol. The Balaban J connectivity index is 2.25. The zero-order chi connectivity index (χ0) is 12.3. The van der Waals surface area contributed by atoms with Crippen molar-refractivity contribution in [1.29, 1.82) is 0 Å². The van der Waals surface area contributed by atoms with Crippen molar-refractivity contribution in [1.82, 2.24) is 0 Å². The molecular formula is C14H22O3. The third-order valence-corrected chi connectivity index (χ3v) is 2.48. The van der Waals surface area contributed by atoms with Crippen molar-refractivity contribution in [3.8, 4) is 5.75 Å². The number of ether oxygens (including phenoxy) is 2. The topological polar surface area (TPSA) is 38.7 Å². The van der Waals surface area contributed by atoms with Crippen LogP contribution in [0.3, 0.4) is 0 Å². The molecule has 96 valence electrons. The van der Waals surface area contributed by atoms with Crippen molar-refractivity contribution in [2.45, 2.75) is 26.2 Å². The Kier molecular flexibility index (Phi) is 7.43. The van der Waals surface area contributed by atoms with Crippen molar-refractivity contribution >= 4 is 0 Å². The van der Waals surface area contributed by atoms with Crippen molar-refractivity contribution in [2.24, 2.45) is 0 Å². The smallest absolute Gasteiger partial charge is 0.122 e. The maximum absolute atomic E-state index is 8.93. The Morgan fingerprint density at radius 2 is 1.94 bits per heavy atom. The molecule has 0 aromatic heterocycles. The number of aliphatic hydroxyl groups excluding tert-OH is 1. The molecule has 17 heavy (non-hydrogen) atoms. The zero-order valence-electron chi connectivity index (χ0n) is 10.5. The lowest BCUT2D eigenvalue weighted by molar-refractivity contribution is 0.0976. The SMILES string of the molecule is CCCCOCCOc1ccccc1CCO. The van der Waals surface area contributed by atoms with Crippen LogP contribution in [0.5, 0.6) is 5.75 Å². The largest absolute Gasteiger partial charge is 0.491 e. The van der Waals surface area contributed by atoms with E-state index in [1.807, 2.05) is 24.3 Å². The van der Waals surface area contributed by atoms with E-state index in [0.29, 0.717) is 19.6 Å².